The second-order valence-corrected chi connectivity index (χ2v) is 2.69. The summed E-state index contributed by atoms with van der Waals surface area (Å²) < 4.78 is 38.9. The standard InChI is InChI=1S/C8H8F3NO2/c1-4-2-3-5(7(13)6(4)12)14-8(9,10)11/h2-3,13H,12H2,1H3. The van der Waals surface area contributed by atoms with Crippen LogP contribution < -0.4 is 10.5 Å². The average Bonchev–Trinajstić information content (AvgIpc) is 2.04. The van der Waals surface area contributed by atoms with E-state index < -0.39 is 17.9 Å². The molecule has 6 heteroatoms. The van der Waals surface area contributed by atoms with E-state index in [2.05, 4.69) is 4.74 Å². The van der Waals surface area contributed by atoms with Crippen LogP contribution in [-0.2, 0) is 0 Å². The fourth-order valence-corrected chi connectivity index (χ4v) is 0.896. The van der Waals surface area contributed by atoms with Crippen LogP contribution in [0.15, 0.2) is 12.1 Å². The molecule has 0 atom stereocenters. The van der Waals surface area contributed by atoms with E-state index in [1.165, 1.54) is 6.07 Å². The molecule has 3 N–H and O–H groups in total. The molecule has 0 aromatic heterocycles. The monoisotopic (exact) mass is 207 g/mol. The normalized spacial score (nSPS) is 11.4. The number of phenols is 1. The fourth-order valence-electron chi connectivity index (χ4n) is 0.896. The highest BCUT2D eigenvalue weighted by molar-refractivity contribution is 5.63. The molecule has 0 bridgehead atoms. The van der Waals surface area contributed by atoms with Crippen molar-refractivity contribution in [1.29, 1.82) is 0 Å². The van der Waals surface area contributed by atoms with Crippen molar-refractivity contribution in [1.82, 2.24) is 0 Å². The maximum atomic E-state index is 11.8. The van der Waals surface area contributed by atoms with Gasteiger partial charge >= 0.3 is 6.36 Å². The van der Waals surface area contributed by atoms with Crippen LogP contribution in [0.1, 0.15) is 5.56 Å². The van der Waals surface area contributed by atoms with Gasteiger partial charge in [-0.1, -0.05) is 6.07 Å². The molecule has 0 fully saturated rings. The van der Waals surface area contributed by atoms with Gasteiger partial charge in [0, 0.05) is 0 Å². The molecule has 3 nitrogen and oxygen atoms in total. The lowest BCUT2D eigenvalue weighted by atomic mass is 10.2. The summed E-state index contributed by atoms with van der Waals surface area (Å²) >= 11 is 0. The van der Waals surface area contributed by atoms with E-state index in [1.807, 2.05) is 0 Å². The number of rotatable bonds is 1. The molecule has 0 aliphatic carbocycles. The maximum absolute atomic E-state index is 11.8. The average molecular weight is 207 g/mol. The molecule has 0 saturated heterocycles. The number of alkyl halides is 3. The van der Waals surface area contributed by atoms with Crippen molar-refractivity contribution in [2.75, 3.05) is 5.73 Å². The van der Waals surface area contributed by atoms with Crippen LogP contribution in [0.5, 0.6) is 11.5 Å². The molecule has 1 aromatic carbocycles. The molecule has 1 rings (SSSR count). The third-order valence-electron chi connectivity index (χ3n) is 1.62. The number of nitrogen functional groups attached to an aromatic ring is 1. The first-order chi connectivity index (χ1) is 6.31. The van der Waals surface area contributed by atoms with Crippen molar-refractivity contribution in [3.63, 3.8) is 0 Å². The Bertz CT molecular complexity index is 349. The lowest BCUT2D eigenvalue weighted by Crippen LogP contribution is -2.17. The molecule has 0 aliphatic heterocycles. The summed E-state index contributed by atoms with van der Waals surface area (Å²) in [6, 6.07) is 2.34. The fraction of sp³-hybridized carbons (Fsp3) is 0.250. The van der Waals surface area contributed by atoms with Gasteiger partial charge in [0.1, 0.15) is 0 Å². The molecule has 0 saturated carbocycles. The summed E-state index contributed by atoms with van der Waals surface area (Å²) in [4.78, 5) is 0. The van der Waals surface area contributed by atoms with Crippen molar-refractivity contribution in [2.45, 2.75) is 13.3 Å². The van der Waals surface area contributed by atoms with Gasteiger partial charge in [0.25, 0.3) is 0 Å². The molecular weight excluding hydrogens is 199 g/mol. The zero-order chi connectivity index (χ0) is 10.9. The van der Waals surface area contributed by atoms with Crippen molar-refractivity contribution >= 4 is 5.69 Å². The van der Waals surface area contributed by atoms with Gasteiger partial charge in [-0.3, -0.25) is 0 Å². The van der Waals surface area contributed by atoms with E-state index in [0.29, 0.717) is 5.56 Å². The van der Waals surface area contributed by atoms with Gasteiger partial charge in [-0.05, 0) is 18.6 Å². The van der Waals surface area contributed by atoms with E-state index in [-0.39, 0.29) is 5.69 Å². The molecule has 0 amide bonds. The number of aryl methyl sites for hydroxylation is 1. The Morgan fingerprint density at radius 2 is 1.93 bits per heavy atom. The van der Waals surface area contributed by atoms with Gasteiger partial charge in [0.05, 0.1) is 5.69 Å². The third-order valence-corrected chi connectivity index (χ3v) is 1.62. The molecule has 0 aliphatic rings. The minimum Gasteiger partial charge on any atom is -0.503 e. The number of benzene rings is 1. The Balaban J connectivity index is 3.06. The smallest absolute Gasteiger partial charge is 0.503 e. The van der Waals surface area contributed by atoms with Crippen molar-refractivity contribution in [3.05, 3.63) is 17.7 Å². The first-order valence-corrected chi connectivity index (χ1v) is 3.65. The second-order valence-electron chi connectivity index (χ2n) is 2.69. The molecule has 0 radical (unpaired) electrons. The first kappa shape index (κ1) is 10.5. The van der Waals surface area contributed by atoms with Gasteiger partial charge < -0.3 is 15.6 Å². The highest BCUT2D eigenvalue weighted by Crippen LogP contribution is 2.37. The third kappa shape index (κ3) is 2.21. The van der Waals surface area contributed by atoms with Crippen LogP contribution in [-0.4, -0.2) is 11.5 Å². The zero-order valence-electron chi connectivity index (χ0n) is 7.22. The molecular formula is C8H8F3NO2. The zero-order valence-corrected chi connectivity index (χ0v) is 7.22. The first-order valence-electron chi connectivity index (χ1n) is 3.65. The Morgan fingerprint density at radius 3 is 2.43 bits per heavy atom. The lowest BCUT2D eigenvalue weighted by Gasteiger charge is -2.12. The van der Waals surface area contributed by atoms with Crippen LogP contribution in [0.4, 0.5) is 18.9 Å². The largest absolute Gasteiger partial charge is 0.573 e. The van der Waals surface area contributed by atoms with Gasteiger partial charge in [-0.25, -0.2) is 0 Å². The predicted molar refractivity (Wildman–Crippen MR) is 43.9 cm³/mol. The SMILES string of the molecule is Cc1ccc(OC(F)(F)F)c(O)c1N. The number of hydrogen-bond acceptors (Lipinski definition) is 3. The van der Waals surface area contributed by atoms with Gasteiger partial charge in [-0.2, -0.15) is 0 Å². The quantitative estimate of drug-likeness (QED) is 0.548. The van der Waals surface area contributed by atoms with Crippen molar-refractivity contribution in [2.24, 2.45) is 0 Å². The summed E-state index contributed by atoms with van der Waals surface area (Å²) in [6.07, 6.45) is -4.83. The second kappa shape index (κ2) is 3.28. The summed E-state index contributed by atoms with van der Waals surface area (Å²) in [5.41, 5.74) is 5.67. The van der Waals surface area contributed by atoms with Gasteiger partial charge in [0.15, 0.2) is 11.5 Å². The highest BCUT2D eigenvalue weighted by atomic mass is 19.4. The number of hydrogen-bond donors (Lipinski definition) is 2. The number of nitrogens with two attached hydrogens (primary N) is 1. The van der Waals surface area contributed by atoms with Gasteiger partial charge in [0.2, 0.25) is 0 Å². The number of phenolic OH excluding ortho intramolecular Hbond substituents is 1. The van der Waals surface area contributed by atoms with E-state index >= 15 is 0 Å². The molecule has 1 aromatic rings. The highest BCUT2D eigenvalue weighted by Gasteiger charge is 2.32. The summed E-state index contributed by atoms with van der Waals surface area (Å²) in [6.45, 7) is 1.56. The Kier molecular flexibility index (Phi) is 2.46. The molecule has 0 spiro atoms. The topological polar surface area (TPSA) is 55.5 Å². The number of halogens is 3. The number of aromatic hydroxyl groups is 1. The summed E-state index contributed by atoms with van der Waals surface area (Å²) in [5, 5.41) is 9.19. The summed E-state index contributed by atoms with van der Waals surface area (Å²) in [5.74, 6) is -1.39. The Morgan fingerprint density at radius 1 is 1.36 bits per heavy atom. The molecule has 0 unspecified atom stereocenters. The van der Waals surface area contributed by atoms with Crippen molar-refractivity contribution in [3.8, 4) is 11.5 Å². The number of ether oxygens (including phenoxy) is 1. The summed E-state index contributed by atoms with van der Waals surface area (Å²) in [7, 11) is 0. The van der Waals surface area contributed by atoms with E-state index in [4.69, 9.17) is 5.73 Å². The maximum Gasteiger partial charge on any atom is 0.573 e. The minimum absolute atomic E-state index is 0.119. The van der Waals surface area contributed by atoms with E-state index in [9.17, 15) is 18.3 Å². The van der Waals surface area contributed by atoms with Crippen LogP contribution in [0.3, 0.4) is 0 Å². The van der Waals surface area contributed by atoms with Crippen LogP contribution in [0.2, 0.25) is 0 Å². The Hall–Kier alpha value is -1.59. The molecule has 0 heterocycles. The number of anilines is 1. The lowest BCUT2D eigenvalue weighted by molar-refractivity contribution is -0.275. The van der Waals surface area contributed by atoms with E-state index in [0.717, 1.165) is 6.07 Å². The molecule has 78 valence electrons. The van der Waals surface area contributed by atoms with Gasteiger partial charge in [-0.15, -0.1) is 13.2 Å². The Labute approximate surface area is 77.9 Å². The van der Waals surface area contributed by atoms with Crippen LogP contribution in [0.25, 0.3) is 0 Å². The minimum atomic E-state index is -4.83. The van der Waals surface area contributed by atoms with Crippen LogP contribution in [0, 0.1) is 6.92 Å². The predicted octanol–water partition coefficient (Wildman–Crippen LogP) is 2.18. The van der Waals surface area contributed by atoms with E-state index in [1.54, 1.807) is 6.92 Å². The van der Waals surface area contributed by atoms with Crippen LogP contribution >= 0.6 is 0 Å². The molecule has 14 heavy (non-hydrogen) atoms. The van der Waals surface area contributed by atoms with Crippen molar-refractivity contribution < 1.29 is 23.0 Å².